The number of nitrogens with zero attached hydrogens (tertiary/aromatic N) is 1. The van der Waals surface area contributed by atoms with Crippen molar-refractivity contribution in [2.45, 2.75) is 33.4 Å². The Bertz CT molecular complexity index is 363. The van der Waals surface area contributed by atoms with Gasteiger partial charge >= 0.3 is 0 Å². The van der Waals surface area contributed by atoms with Crippen molar-refractivity contribution in [1.29, 1.82) is 0 Å². The van der Waals surface area contributed by atoms with Crippen LogP contribution in [0.2, 0.25) is 0 Å². The molecular weight excluding hydrogens is 344 g/mol. The summed E-state index contributed by atoms with van der Waals surface area (Å²) in [5.41, 5.74) is 0.993. The highest BCUT2D eigenvalue weighted by Gasteiger charge is 1.99. The molecule has 0 saturated heterocycles. The third-order valence-electron chi connectivity index (χ3n) is 2.10. The van der Waals surface area contributed by atoms with Crippen molar-refractivity contribution in [3.8, 4) is 0 Å². The zero-order valence-corrected chi connectivity index (χ0v) is 13.4. The first-order chi connectivity index (χ1) is 8.11. The van der Waals surface area contributed by atoms with E-state index in [1.54, 1.807) is 12.1 Å². The van der Waals surface area contributed by atoms with Gasteiger partial charge in [-0.2, -0.15) is 0 Å². The van der Waals surface area contributed by atoms with E-state index in [2.05, 4.69) is 29.5 Å². The normalized spacial score (nSPS) is 11.1. The predicted molar refractivity (Wildman–Crippen MR) is 84.9 cm³/mol. The lowest BCUT2D eigenvalue weighted by Gasteiger charge is -2.13. The Morgan fingerprint density at radius 1 is 1.28 bits per heavy atom. The third-order valence-corrected chi connectivity index (χ3v) is 2.10. The van der Waals surface area contributed by atoms with Gasteiger partial charge in [0.15, 0.2) is 5.96 Å². The van der Waals surface area contributed by atoms with Crippen LogP contribution < -0.4 is 10.6 Å². The van der Waals surface area contributed by atoms with E-state index in [0.717, 1.165) is 18.1 Å². The largest absolute Gasteiger partial charge is 0.357 e. The first kappa shape index (κ1) is 17.2. The molecule has 0 atom stereocenters. The van der Waals surface area contributed by atoms with Gasteiger partial charge in [-0.25, -0.2) is 9.38 Å². The van der Waals surface area contributed by atoms with Crippen molar-refractivity contribution in [2.75, 3.05) is 6.54 Å². The van der Waals surface area contributed by atoms with E-state index in [-0.39, 0.29) is 29.8 Å². The van der Waals surface area contributed by atoms with Gasteiger partial charge in [0, 0.05) is 12.6 Å². The molecular formula is C13H21FIN3. The Labute approximate surface area is 125 Å². The monoisotopic (exact) mass is 365 g/mol. The van der Waals surface area contributed by atoms with Gasteiger partial charge in [-0.1, -0.05) is 12.1 Å². The molecule has 102 valence electrons. The second kappa shape index (κ2) is 9.13. The molecule has 0 aliphatic heterocycles. The molecule has 0 fully saturated rings. The molecule has 1 aromatic carbocycles. The summed E-state index contributed by atoms with van der Waals surface area (Å²) in [5, 5.41) is 6.39. The lowest BCUT2D eigenvalue weighted by atomic mass is 10.2. The maximum Gasteiger partial charge on any atom is 0.191 e. The van der Waals surface area contributed by atoms with Crippen LogP contribution in [0.4, 0.5) is 4.39 Å². The maximum atomic E-state index is 12.7. The molecule has 3 nitrogen and oxygen atoms in total. The highest BCUT2D eigenvalue weighted by molar-refractivity contribution is 14.0. The molecule has 18 heavy (non-hydrogen) atoms. The standard InChI is InChI=1S/C13H20FN3.HI/c1-4-15-13(17-10(2)3)16-9-11-5-7-12(14)8-6-11;/h5-8,10H,4,9H2,1-3H3,(H2,15,16,17);1H. The van der Waals surface area contributed by atoms with Crippen LogP contribution in [0, 0.1) is 5.82 Å². The van der Waals surface area contributed by atoms with Gasteiger partial charge in [-0.05, 0) is 38.5 Å². The van der Waals surface area contributed by atoms with Crippen LogP contribution in [0.25, 0.3) is 0 Å². The predicted octanol–water partition coefficient (Wildman–Crippen LogP) is 2.91. The van der Waals surface area contributed by atoms with E-state index in [1.807, 2.05) is 6.92 Å². The first-order valence-corrected chi connectivity index (χ1v) is 5.91. The zero-order valence-electron chi connectivity index (χ0n) is 11.0. The molecule has 1 aromatic rings. The second-order valence-corrected chi connectivity index (χ2v) is 4.12. The molecule has 0 aliphatic carbocycles. The van der Waals surface area contributed by atoms with Crippen LogP contribution in [-0.2, 0) is 6.54 Å². The van der Waals surface area contributed by atoms with Gasteiger partial charge in [-0.3, -0.25) is 0 Å². The molecule has 0 spiro atoms. The van der Waals surface area contributed by atoms with E-state index < -0.39 is 0 Å². The summed E-state index contributed by atoms with van der Waals surface area (Å²) in [5.74, 6) is 0.566. The SMILES string of the molecule is CCNC(=NCc1ccc(F)cc1)NC(C)C.I. The summed E-state index contributed by atoms with van der Waals surface area (Å²) in [4.78, 5) is 4.43. The average molecular weight is 365 g/mol. The van der Waals surface area contributed by atoms with E-state index >= 15 is 0 Å². The molecule has 0 aromatic heterocycles. The Morgan fingerprint density at radius 2 is 1.89 bits per heavy atom. The molecule has 0 heterocycles. The molecule has 0 radical (unpaired) electrons. The molecule has 0 amide bonds. The first-order valence-electron chi connectivity index (χ1n) is 5.91. The van der Waals surface area contributed by atoms with Gasteiger partial charge < -0.3 is 10.6 Å². The molecule has 5 heteroatoms. The van der Waals surface area contributed by atoms with Gasteiger partial charge in [0.05, 0.1) is 6.54 Å². The lowest BCUT2D eigenvalue weighted by Crippen LogP contribution is -2.40. The number of hydrogen-bond donors (Lipinski definition) is 2. The average Bonchev–Trinajstić information content (AvgIpc) is 2.27. The van der Waals surface area contributed by atoms with Gasteiger partial charge in [0.25, 0.3) is 0 Å². The summed E-state index contributed by atoms with van der Waals surface area (Å²) in [6, 6.07) is 6.73. The van der Waals surface area contributed by atoms with Crippen molar-refractivity contribution < 1.29 is 4.39 Å². The minimum Gasteiger partial charge on any atom is -0.357 e. The fraction of sp³-hybridized carbons (Fsp3) is 0.462. The molecule has 0 unspecified atom stereocenters. The summed E-state index contributed by atoms with van der Waals surface area (Å²) < 4.78 is 12.7. The third kappa shape index (κ3) is 6.78. The van der Waals surface area contributed by atoms with E-state index in [9.17, 15) is 4.39 Å². The van der Waals surface area contributed by atoms with Gasteiger partial charge in [0.1, 0.15) is 5.82 Å². The fourth-order valence-corrected chi connectivity index (χ4v) is 1.35. The van der Waals surface area contributed by atoms with Crippen molar-refractivity contribution in [1.82, 2.24) is 10.6 Å². The zero-order chi connectivity index (χ0) is 12.7. The minimum atomic E-state index is -0.218. The van der Waals surface area contributed by atoms with Crippen LogP contribution in [0.15, 0.2) is 29.3 Å². The summed E-state index contributed by atoms with van der Waals surface area (Å²) in [6.07, 6.45) is 0. The highest BCUT2D eigenvalue weighted by atomic mass is 127. The second-order valence-electron chi connectivity index (χ2n) is 4.12. The Morgan fingerprint density at radius 3 is 2.39 bits per heavy atom. The summed E-state index contributed by atoms with van der Waals surface area (Å²) in [7, 11) is 0. The van der Waals surface area contributed by atoms with Crippen molar-refractivity contribution in [3.63, 3.8) is 0 Å². The van der Waals surface area contributed by atoms with Gasteiger partial charge in [0.2, 0.25) is 0 Å². The maximum absolute atomic E-state index is 12.7. The Balaban J connectivity index is 0.00000289. The molecule has 0 aliphatic rings. The van der Waals surface area contributed by atoms with E-state index in [0.29, 0.717) is 12.6 Å². The number of hydrogen-bond acceptors (Lipinski definition) is 1. The molecule has 2 N–H and O–H groups in total. The van der Waals surface area contributed by atoms with E-state index in [4.69, 9.17) is 0 Å². The summed E-state index contributed by atoms with van der Waals surface area (Å²) in [6.45, 7) is 7.51. The van der Waals surface area contributed by atoms with Crippen LogP contribution in [-0.4, -0.2) is 18.5 Å². The van der Waals surface area contributed by atoms with Crippen LogP contribution in [0.1, 0.15) is 26.3 Å². The number of nitrogens with one attached hydrogen (secondary N) is 2. The van der Waals surface area contributed by atoms with Crippen molar-refractivity contribution >= 4 is 29.9 Å². The molecule has 0 saturated carbocycles. The topological polar surface area (TPSA) is 36.4 Å². The van der Waals surface area contributed by atoms with Crippen LogP contribution in [0.3, 0.4) is 0 Å². The smallest absolute Gasteiger partial charge is 0.191 e. The molecule has 0 bridgehead atoms. The van der Waals surface area contributed by atoms with Crippen molar-refractivity contribution in [3.05, 3.63) is 35.6 Å². The lowest BCUT2D eigenvalue weighted by molar-refractivity contribution is 0.627. The number of benzene rings is 1. The minimum absolute atomic E-state index is 0. The van der Waals surface area contributed by atoms with Gasteiger partial charge in [-0.15, -0.1) is 24.0 Å². The molecule has 1 rings (SSSR count). The quantitative estimate of drug-likeness (QED) is 0.489. The number of guanidine groups is 1. The fourth-order valence-electron chi connectivity index (χ4n) is 1.35. The summed E-state index contributed by atoms with van der Waals surface area (Å²) >= 11 is 0. The van der Waals surface area contributed by atoms with Crippen molar-refractivity contribution in [2.24, 2.45) is 4.99 Å². The number of aliphatic imine (C=N–C) groups is 1. The van der Waals surface area contributed by atoms with Crippen LogP contribution >= 0.6 is 24.0 Å². The van der Waals surface area contributed by atoms with Crippen LogP contribution in [0.5, 0.6) is 0 Å². The Kier molecular flexibility index (Phi) is 8.70. The van der Waals surface area contributed by atoms with E-state index in [1.165, 1.54) is 12.1 Å². The Hall–Kier alpha value is -0.850. The number of halogens is 2. The highest BCUT2D eigenvalue weighted by Crippen LogP contribution is 2.03. The number of rotatable bonds is 4.